The molecule has 31 heavy (non-hydrogen) atoms. The van der Waals surface area contributed by atoms with Crippen molar-refractivity contribution in [1.29, 1.82) is 0 Å². The summed E-state index contributed by atoms with van der Waals surface area (Å²) < 4.78 is 11.6. The highest BCUT2D eigenvalue weighted by molar-refractivity contribution is 7.20. The molecule has 4 rings (SSSR count). The lowest BCUT2D eigenvalue weighted by atomic mass is 10.0. The number of fused-ring (bicyclic) bond motifs is 1. The Morgan fingerprint density at radius 1 is 1.13 bits per heavy atom. The number of carbonyl (C=O) groups is 2. The van der Waals surface area contributed by atoms with Gasteiger partial charge in [-0.05, 0) is 42.7 Å². The van der Waals surface area contributed by atoms with Crippen LogP contribution in [0.1, 0.15) is 18.4 Å². The van der Waals surface area contributed by atoms with E-state index in [0.29, 0.717) is 5.19 Å². The fourth-order valence-corrected chi connectivity index (χ4v) is 4.61. The second-order valence-electron chi connectivity index (χ2n) is 7.61. The first-order chi connectivity index (χ1) is 15.0. The Bertz CT molecular complexity index is 1030. The molecule has 0 radical (unpaired) electrons. The Morgan fingerprint density at radius 2 is 1.84 bits per heavy atom. The van der Waals surface area contributed by atoms with E-state index in [1.807, 2.05) is 36.4 Å². The summed E-state index contributed by atoms with van der Waals surface area (Å²) in [6.45, 7) is 2.57. The van der Waals surface area contributed by atoms with Gasteiger partial charge in [0.1, 0.15) is 5.75 Å². The van der Waals surface area contributed by atoms with Gasteiger partial charge in [-0.2, -0.15) is 0 Å². The number of rotatable bonds is 5. The number of nitrogens with zero attached hydrogens (tertiary/aromatic N) is 3. The van der Waals surface area contributed by atoms with Gasteiger partial charge in [0.05, 0.1) is 17.3 Å². The predicted octanol–water partition coefficient (Wildman–Crippen LogP) is 3.68. The molecule has 1 aliphatic rings. The third kappa shape index (κ3) is 5.03. The number of carbonyl (C=O) groups excluding carboxylic acids is 2. The van der Waals surface area contributed by atoms with Crippen LogP contribution in [0.15, 0.2) is 48.5 Å². The van der Waals surface area contributed by atoms with Crippen molar-refractivity contribution in [1.82, 2.24) is 14.8 Å². The molecule has 1 amide bonds. The summed E-state index contributed by atoms with van der Waals surface area (Å²) in [5, 5.41) is 0.640. The molecule has 1 fully saturated rings. The molecule has 0 aliphatic carbocycles. The predicted molar refractivity (Wildman–Crippen MR) is 119 cm³/mol. The highest BCUT2D eigenvalue weighted by Crippen LogP contribution is 2.31. The number of amides is 1. The highest BCUT2D eigenvalue weighted by atomic mass is 32.1. The van der Waals surface area contributed by atoms with Gasteiger partial charge in [0.25, 0.3) is 5.19 Å². The number of benzene rings is 2. The molecular formula is C23H25N3O4S. The zero-order valence-corrected chi connectivity index (χ0v) is 18.4. The van der Waals surface area contributed by atoms with Crippen LogP contribution in [0.5, 0.6) is 10.9 Å². The van der Waals surface area contributed by atoms with Crippen LogP contribution in [0.4, 0.5) is 0 Å². The first-order valence-electron chi connectivity index (χ1n) is 10.2. The largest absolute Gasteiger partial charge is 0.462 e. The van der Waals surface area contributed by atoms with Crippen molar-refractivity contribution >= 4 is 33.4 Å². The summed E-state index contributed by atoms with van der Waals surface area (Å²) in [7, 11) is 2.90. The Hall–Kier alpha value is -2.97. The van der Waals surface area contributed by atoms with E-state index < -0.39 is 11.9 Å². The number of para-hydroxylation sites is 1. The minimum atomic E-state index is -0.807. The van der Waals surface area contributed by atoms with Gasteiger partial charge in [-0.3, -0.25) is 9.69 Å². The summed E-state index contributed by atoms with van der Waals surface area (Å²) in [5.74, 6) is -0.618. The van der Waals surface area contributed by atoms with Crippen molar-refractivity contribution in [3.63, 3.8) is 0 Å². The summed E-state index contributed by atoms with van der Waals surface area (Å²) in [5.41, 5.74) is 2.15. The Labute approximate surface area is 185 Å². The number of hydrogen-bond donors (Lipinski definition) is 0. The van der Waals surface area contributed by atoms with Gasteiger partial charge in [-0.25, -0.2) is 9.78 Å². The van der Waals surface area contributed by atoms with Crippen LogP contribution < -0.4 is 4.74 Å². The van der Waals surface area contributed by atoms with E-state index in [1.54, 1.807) is 7.05 Å². The van der Waals surface area contributed by atoms with Crippen LogP contribution in [0.2, 0.25) is 0 Å². The molecule has 2 heterocycles. The Kier molecular flexibility index (Phi) is 6.48. The Morgan fingerprint density at radius 3 is 2.52 bits per heavy atom. The molecule has 0 saturated carbocycles. The highest BCUT2D eigenvalue weighted by Gasteiger charge is 2.29. The lowest BCUT2D eigenvalue weighted by molar-refractivity contribution is -0.159. The summed E-state index contributed by atoms with van der Waals surface area (Å²) >= 11 is 1.53. The van der Waals surface area contributed by atoms with E-state index in [1.165, 1.54) is 28.9 Å². The summed E-state index contributed by atoms with van der Waals surface area (Å²) in [6, 6.07) is 16.1. The number of ether oxygens (including phenoxy) is 2. The van der Waals surface area contributed by atoms with E-state index in [4.69, 9.17) is 4.74 Å². The van der Waals surface area contributed by atoms with Gasteiger partial charge in [-0.1, -0.05) is 35.6 Å². The smallest absolute Gasteiger partial charge is 0.396 e. The van der Waals surface area contributed by atoms with E-state index in [9.17, 15) is 9.59 Å². The SMILES string of the molecule is COC(=O)C(=O)N(C)C1CCN(Cc2ccc(Oc3nc4ccccc4s3)cc2)CC1. The van der Waals surface area contributed by atoms with Gasteiger partial charge in [-0.15, -0.1) is 0 Å². The number of methoxy groups -OCH3 is 1. The van der Waals surface area contributed by atoms with Crippen LogP contribution in [0.25, 0.3) is 10.2 Å². The van der Waals surface area contributed by atoms with Gasteiger partial charge >= 0.3 is 11.9 Å². The van der Waals surface area contributed by atoms with E-state index in [-0.39, 0.29) is 6.04 Å². The number of piperidine rings is 1. The third-order valence-electron chi connectivity index (χ3n) is 5.59. The van der Waals surface area contributed by atoms with Crippen LogP contribution in [0.3, 0.4) is 0 Å². The molecular weight excluding hydrogens is 414 g/mol. The van der Waals surface area contributed by atoms with E-state index in [0.717, 1.165) is 48.4 Å². The fraction of sp³-hybridized carbons (Fsp3) is 0.348. The van der Waals surface area contributed by atoms with Crippen molar-refractivity contribution in [2.45, 2.75) is 25.4 Å². The number of esters is 1. The molecule has 0 N–H and O–H groups in total. The van der Waals surface area contributed by atoms with E-state index in [2.05, 4.69) is 26.8 Å². The summed E-state index contributed by atoms with van der Waals surface area (Å²) in [6.07, 6.45) is 1.66. The Balaban J connectivity index is 1.28. The molecule has 2 aromatic carbocycles. The first kappa shape index (κ1) is 21.3. The molecule has 162 valence electrons. The lowest BCUT2D eigenvalue weighted by Crippen LogP contribution is -2.47. The van der Waals surface area contributed by atoms with Crippen LogP contribution >= 0.6 is 11.3 Å². The number of thiazole rings is 1. The fourth-order valence-electron chi connectivity index (χ4n) is 3.78. The second-order valence-corrected chi connectivity index (χ2v) is 8.60. The monoisotopic (exact) mass is 439 g/mol. The van der Waals surface area contributed by atoms with Gasteiger partial charge < -0.3 is 14.4 Å². The number of likely N-dealkylation sites (N-methyl/N-ethyl adjacent to an activating group) is 1. The maximum atomic E-state index is 12.0. The maximum Gasteiger partial charge on any atom is 0.396 e. The van der Waals surface area contributed by atoms with Crippen molar-refractivity contribution in [3.05, 3.63) is 54.1 Å². The molecule has 0 spiro atoms. The van der Waals surface area contributed by atoms with Crippen LogP contribution in [-0.4, -0.2) is 59.9 Å². The van der Waals surface area contributed by atoms with Crippen molar-refractivity contribution in [2.75, 3.05) is 27.2 Å². The zero-order valence-electron chi connectivity index (χ0n) is 17.6. The molecule has 8 heteroatoms. The van der Waals surface area contributed by atoms with Crippen molar-refractivity contribution in [2.24, 2.45) is 0 Å². The number of aromatic nitrogens is 1. The molecule has 1 aliphatic heterocycles. The molecule has 0 unspecified atom stereocenters. The zero-order chi connectivity index (χ0) is 21.8. The lowest BCUT2D eigenvalue weighted by Gasteiger charge is -2.36. The van der Waals surface area contributed by atoms with Gasteiger partial charge in [0.2, 0.25) is 0 Å². The molecule has 1 saturated heterocycles. The quantitative estimate of drug-likeness (QED) is 0.446. The maximum absolute atomic E-state index is 12.0. The third-order valence-corrected chi connectivity index (χ3v) is 6.51. The van der Waals surface area contributed by atoms with E-state index >= 15 is 0 Å². The van der Waals surface area contributed by atoms with Crippen molar-refractivity contribution in [3.8, 4) is 10.9 Å². The minimum absolute atomic E-state index is 0.0624. The normalized spacial score (nSPS) is 15.0. The topological polar surface area (TPSA) is 72.0 Å². The average Bonchev–Trinajstić information content (AvgIpc) is 3.21. The average molecular weight is 440 g/mol. The second kappa shape index (κ2) is 9.45. The standard InChI is InChI=1S/C23H25N3O4S/c1-25(21(27)22(28)29-2)17-11-13-26(14-12-17)15-16-7-9-18(10-8-16)30-23-24-19-5-3-4-6-20(19)31-23/h3-10,17H,11-15H2,1-2H3. The van der Waals surface area contributed by atoms with Gasteiger partial charge in [0.15, 0.2) is 0 Å². The number of hydrogen-bond acceptors (Lipinski definition) is 7. The van der Waals surface area contributed by atoms with Crippen LogP contribution in [-0.2, 0) is 20.9 Å². The summed E-state index contributed by atoms with van der Waals surface area (Å²) in [4.78, 5) is 31.8. The number of likely N-dealkylation sites (tertiary alicyclic amines) is 1. The molecule has 3 aromatic rings. The molecule has 1 aromatic heterocycles. The molecule has 0 bridgehead atoms. The minimum Gasteiger partial charge on any atom is -0.462 e. The molecule has 0 atom stereocenters. The van der Waals surface area contributed by atoms with Gasteiger partial charge in [0, 0.05) is 32.7 Å². The molecule has 7 nitrogen and oxygen atoms in total. The van der Waals surface area contributed by atoms with Crippen molar-refractivity contribution < 1.29 is 19.1 Å². The van der Waals surface area contributed by atoms with Crippen LogP contribution in [0, 0.1) is 0 Å². The first-order valence-corrected chi connectivity index (χ1v) is 11.0.